The average Bonchev–Trinajstić information content (AvgIpc) is 3.22. The quantitative estimate of drug-likeness (QED) is 0.463. The molecular weight excluding hydrogens is 476 g/mol. The molecule has 194 valence electrons. The highest BCUT2D eigenvalue weighted by atomic mass is 16.6. The second kappa shape index (κ2) is 11.6. The van der Waals surface area contributed by atoms with Crippen molar-refractivity contribution >= 4 is 24.2 Å². The molecule has 1 aliphatic heterocycles. The molecule has 2 fully saturated rings. The molecule has 0 atom stereocenters. The Kier molecular flexibility index (Phi) is 8.11. The summed E-state index contributed by atoms with van der Waals surface area (Å²) in [7, 11) is 0. The summed E-state index contributed by atoms with van der Waals surface area (Å²) < 4.78 is 11.7. The largest absolute Gasteiger partial charge is 0.483 e. The zero-order chi connectivity index (χ0) is 26.3. The number of hydrogen-bond donors (Lipinski definition) is 2. The number of ether oxygens (including phenoxy) is 2. The minimum atomic E-state index is -0.433. The predicted octanol–water partition coefficient (Wildman–Crippen LogP) is 4.37. The lowest BCUT2D eigenvalue weighted by Gasteiger charge is -2.35. The number of carbonyl (C=O) groups excluding carboxylic acids is 1. The van der Waals surface area contributed by atoms with Gasteiger partial charge in [0.05, 0.1) is 6.54 Å². The van der Waals surface area contributed by atoms with Crippen LogP contribution in [0.3, 0.4) is 0 Å². The summed E-state index contributed by atoms with van der Waals surface area (Å²) in [6.45, 7) is 5.14. The number of hydrogen-bond acceptors (Lipinski definition) is 9. The molecule has 3 aromatic rings. The second-order valence-electron chi connectivity index (χ2n) is 9.28. The molecule has 1 saturated heterocycles. The van der Waals surface area contributed by atoms with Gasteiger partial charge in [0.25, 0.3) is 6.47 Å². The smallest absolute Gasteiger partial charge is 0.416 e. The summed E-state index contributed by atoms with van der Waals surface area (Å²) in [6.07, 6.45) is 4.85. The van der Waals surface area contributed by atoms with E-state index in [9.17, 15) is 4.79 Å². The van der Waals surface area contributed by atoms with Crippen molar-refractivity contribution in [3.63, 3.8) is 0 Å². The molecule has 1 spiro atoms. The monoisotopic (exact) mass is 506 g/mol. The number of anilines is 2. The van der Waals surface area contributed by atoms with Gasteiger partial charge < -0.3 is 19.9 Å². The third kappa shape index (κ3) is 6.49. The van der Waals surface area contributed by atoms with Crippen LogP contribution in [0.4, 0.5) is 16.4 Å². The van der Waals surface area contributed by atoms with Gasteiger partial charge in [-0.2, -0.15) is 5.10 Å². The fraction of sp³-hybridized carbons (Fsp3) is 0.385. The Bertz CT molecular complexity index is 1200. The standard InChI is InChI=1S/C25H28N6O3.CH2O2/c1-17-5-6-20(18(2)14-17)33-23-8-7-21(28-30-23)26-15-19-9-11-25(12-10-19)16-31(24(32)34-25)22-4-3-13-27-29-22;2-1-3/h3-8,13-14,19H,9-12,15-16H2,1-2H3,(H,26,28);1H,(H,2,3)/t19-,25-;. The van der Waals surface area contributed by atoms with Gasteiger partial charge >= 0.3 is 6.09 Å². The van der Waals surface area contributed by atoms with E-state index in [1.54, 1.807) is 23.2 Å². The van der Waals surface area contributed by atoms with Crippen LogP contribution >= 0.6 is 0 Å². The first-order valence-corrected chi connectivity index (χ1v) is 12.1. The number of carboxylic acid groups (broad SMARTS) is 1. The van der Waals surface area contributed by atoms with Crippen molar-refractivity contribution in [2.75, 3.05) is 23.3 Å². The number of nitrogens with zero attached hydrogens (tertiary/aromatic N) is 5. The first-order chi connectivity index (χ1) is 17.9. The molecule has 2 aromatic heterocycles. The lowest BCUT2D eigenvalue weighted by atomic mass is 9.78. The highest BCUT2D eigenvalue weighted by Gasteiger charge is 2.48. The zero-order valence-corrected chi connectivity index (χ0v) is 20.8. The normalized spacial score (nSPS) is 20.5. The van der Waals surface area contributed by atoms with Crippen LogP contribution in [0.1, 0.15) is 36.8 Å². The maximum atomic E-state index is 12.4. The summed E-state index contributed by atoms with van der Waals surface area (Å²) in [5.41, 5.74) is 1.82. The summed E-state index contributed by atoms with van der Waals surface area (Å²) in [4.78, 5) is 22.4. The summed E-state index contributed by atoms with van der Waals surface area (Å²) in [5.74, 6) is 2.98. The molecular formula is C26H30N6O5. The van der Waals surface area contributed by atoms with Gasteiger partial charge in [0.2, 0.25) is 5.88 Å². The zero-order valence-electron chi connectivity index (χ0n) is 20.8. The maximum Gasteiger partial charge on any atom is 0.416 e. The fourth-order valence-corrected chi connectivity index (χ4v) is 4.65. The van der Waals surface area contributed by atoms with Crippen LogP contribution in [0, 0.1) is 19.8 Å². The van der Waals surface area contributed by atoms with E-state index >= 15 is 0 Å². The SMILES string of the molecule is Cc1ccc(Oc2ccc(NC[C@H]3CC[C@]4(CC3)CN(c3cccnn3)C(=O)O4)nn2)c(C)c1.O=CO. The topological polar surface area (TPSA) is 140 Å². The van der Waals surface area contributed by atoms with Crippen LogP contribution in [0.25, 0.3) is 0 Å². The van der Waals surface area contributed by atoms with Crippen molar-refractivity contribution in [2.24, 2.45) is 5.92 Å². The van der Waals surface area contributed by atoms with Crippen molar-refractivity contribution < 1.29 is 24.2 Å². The average molecular weight is 507 g/mol. The maximum absolute atomic E-state index is 12.4. The van der Waals surface area contributed by atoms with Crippen molar-refractivity contribution in [3.05, 3.63) is 59.8 Å². The molecule has 3 heterocycles. The molecule has 5 rings (SSSR count). The molecule has 1 aliphatic carbocycles. The van der Waals surface area contributed by atoms with Crippen LogP contribution < -0.4 is 15.0 Å². The molecule has 2 N–H and O–H groups in total. The Morgan fingerprint density at radius 3 is 2.59 bits per heavy atom. The van der Waals surface area contributed by atoms with Crippen molar-refractivity contribution in [2.45, 2.75) is 45.1 Å². The van der Waals surface area contributed by atoms with E-state index in [1.807, 2.05) is 31.2 Å². The van der Waals surface area contributed by atoms with E-state index in [4.69, 9.17) is 19.4 Å². The Morgan fingerprint density at radius 1 is 1.16 bits per heavy atom. The minimum absolute atomic E-state index is 0.250. The lowest BCUT2D eigenvalue weighted by Crippen LogP contribution is -2.39. The molecule has 37 heavy (non-hydrogen) atoms. The molecule has 0 radical (unpaired) electrons. The van der Waals surface area contributed by atoms with Crippen LogP contribution in [0.15, 0.2) is 48.7 Å². The summed E-state index contributed by atoms with van der Waals surface area (Å²) >= 11 is 0. The predicted molar refractivity (Wildman–Crippen MR) is 136 cm³/mol. The van der Waals surface area contributed by atoms with E-state index < -0.39 is 5.60 Å². The number of aryl methyl sites for hydroxylation is 2. The first-order valence-electron chi connectivity index (χ1n) is 12.1. The van der Waals surface area contributed by atoms with Gasteiger partial charge in [0.1, 0.15) is 17.2 Å². The van der Waals surface area contributed by atoms with E-state index in [-0.39, 0.29) is 12.6 Å². The number of benzene rings is 1. The van der Waals surface area contributed by atoms with E-state index in [2.05, 4.69) is 38.7 Å². The minimum Gasteiger partial charge on any atom is -0.483 e. The van der Waals surface area contributed by atoms with Crippen molar-refractivity contribution in [1.29, 1.82) is 0 Å². The summed E-state index contributed by atoms with van der Waals surface area (Å²) in [5, 5.41) is 26.6. The molecule has 0 unspecified atom stereocenters. The molecule has 1 aromatic carbocycles. The van der Waals surface area contributed by atoms with Gasteiger partial charge in [-0.25, -0.2) is 4.79 Å². The molecule has 1 amide bonds. The van der Waals surface area contributed by atoms with Crippen LogP contribution in [0.5, 0.6) is 11.6 Å². The van der Waals surface area contributed by atoms with E-state index in [0.29, 0.717) is 24.2 Å². The highest BCUT2D eigenvalue weighted by molar-refractivity contribution is 5.89. The highest BCUT2D eigenvalue weighted by Crippen LogP contribution is 2.40. The molecule has 11 nitrogen and oxygen atoms in total. The first kappa shape index (κ1) is 25.8. The Balaban J connectivity index is 0.00000102. The van der Waals surface area contributed by atoms with Gasteiger partial charge in [-0.1, -0.05) is 17.7 Å². The Morgan fingerprint density at radius 2 is 1.95 bits per heavy atom. The van der Waals surface area contributed by atoms with Gasteiger partial charge in [0, 0.05) is 18.8 Å². The van der Waals surface area contributed by atoms with E-state index in [1.165, 1.54) is 5.56 Å². The van der Waals surface area contributed by atoms with Crippen LogP contribution in [0.2, 0.25) is 0 Å². The van der Waals surface area contributed by atoms with Gasteiger partial charge in [-0.05, 0) is 75.3 Å². The third-order valence-corrected chi connectivity index (χ3v) is 6.58. The Hall–Kier alpha value is -4.28. The van der Waals surface area contributed by atoms with Crippen LogP contribution in [-0.4, -0.2) is 56.8 Å². The number of aromatic nitrogens is 4. The molecule has 11 heteroatoms. The lowest BCUT2D eigenvalue weighted by molar-refractivity contribution is -0.122. The molecule has 2 aliphatic rings. The summed E-state index contributed by atoms with van der Waals surface area (Å²) in [6, 6.07) is 13.3. The number of rotatable bonds is 6. The van der Waals surface area contributed by atoms with Crippen molar-refractivity contribution in [1.82, 2.24) is 20.4 Å². The third-order valence-electron chi connectivity index (χ3n) is 6.58. The van der Waals surface area contributed by atoms with E-state index in [0.717, 1.165) is 49.4 Å². The fourth-order valence-electron chi connectivity index (χ4n) is 4.65. The molecule has 0 bridgehead atoms. The second-order valence-corrected chi connectivity index (χ2v) is 9.28. The number of carbonyl (C=O) groups is 2. The van der Waals surface area contributed by atoms with Crippen molar-refractivity contribution in [3.8, 4) is 11.6 Å². The number of amides is 1. The van der Waals surface area contributed by atoms with Gasteiger partial charge in [-0.15, -0.1) is 15.3 Å². The van der Waals surface area contributed by atoms with Gasteiger partial charge in [-0.3, -0.25) is 9.69 Å². The van der Waals surface area contributed by atoms with Gasteiger partial charge in [0.15, 0.2) is 5.82 Å². The number of nitrogens with one attached hydrogen (secondary N) is 1. The van der Waals surface area contributed by atoms with Crippen LogP contribution in [-0.2, 0) is 9.53 Å². The molecule has 1 saturated carbocycles. The Labute approximate surface area is 214 Å².